The number of morpholine rings is 1. The number of carboxylic acids is 1. The summed E-state index contributed by atoms with van der Waals surface area (Å²) in [5.41, 5.74) is 0.802. The fraction of sp³-hybridized carbons (Fsp3) is 0.706. The van der Waals surface area contributed by atoms with E-state index in [-0.39, 0.29) is 24.0 Å². The smallest absolute Gasteiger partial charge is 0.317 e. The first kappa shape index (κ1) is 19.8. The van der Waals surface area contributed by atoms with Gasteiger partial charge < -0.3 is 14.7 Å². The molecule has 1 atom stereocenters. The van der Waals surface area contributed by atoms with Gasteiger partial charge in [0.1, 0.15) is 0 Å². The summed E-state index contributed by atoms with van der Waals surface area (Å²) >= 11 is 1.59. The Bertz CT molecular complexity index is 611. The summed E-state index contributed by atoms with van der Waals surface area (Å²) < 4.78 is 5.67. The first-order valence-electron chi connectivity index (χ1n) is 8.39. The van der Waals surface area contributed by atoms with Crippen LogP contribution >= 0.6 is 11.3 Å². The number of carbonyl (C=O) groups excluding carboxylic acids is 1. The second-order valence-corrected chi connectivity index (χ2v) is 8.35. The van der Waals surface area contributed by atoms with Crippen LogP contribution < -0.4 is 0 Å². The Balaban J connectivity index is 1.89. The molecule has 0 aromatic carbocycles. The maximum absolute atomic E-state index is 12.6. The van der Waals surface area contributed by atoms with Crippen LogP contribution in [0.5, 0.6) is 0 Å². The average molecular weight is 369 g/mol. The zero-order chi connectivity index (χ0) is 18.6. The molecule has 8 heteroatoms. The largest absolute Gasteiger partial charge is 0.480 e. The minimum absolute atomic E-state index is 0.00918. The van der Waals surface area contributed by atoms with Crippen LogP contribution in [0.3, 0.4) is 0 Å². The lowest BCUT2D eigenvalue weighted by Crippen LogP contribution is -2.50. The molecule has 1 N–H and O–H groups in total. The number of aromatic nitrogens is 1. The summed E-state index contributed by atoms with van der Waals surface area (Å²) in [5, 5.41) is 11.8. The lowest BCUT2D eigenvalue weighted by atomic mass is 9.98. The van der Waals surface area contributed by atoms with E-state index < -0.39 is 5.97 Å². The highest BCUT2D eigenvalue weighted by Crippen LogP contribution is 2.25. The van der Waals surface area contributed by atoms with Gasteiger partial charge in [-0.25, -0.2) is 4.98 Å². The molecule has 140 valence electrons. The van der Waals surface area contributed by atoms with Crippen molar-refractivity contribution >= 4 is 23.2 Å². The van der Waals surface area contributed by atoms with Gasteiger partial charge in [-0.3, -0.25) is 14.5 Å². The molecule has 0 bridgehead atoms. The predicted molar refractivity (Wildman–Crippen MR) is 96.0 cm³/mol. The van der Waals surface area contributed by atoms with E-state index in [1.165, 1.54) is 0 Å². The monoisotopic (exact) mass is 369 g/mol. The highest BCUT2D eigenvalue weighted by molar-refractivity contribution is 7.09. The zero-order valence-electron chi connectivity index (χ0n) is 15.3. The lowest BCUT2D eigenvalue weighted by Gasteiger charge is -2.34. The van der Waals surface area contributed by atoms with E-state index in [4.69, 9.17) is 9.84 Å². The van der Waals surface area contributed by atoms with Crippen LogP contribution in [0.25, 0.3) is 0 Å². The number of likely N-dealkylation sites (N-methyl/N-ethyl adjacent to an activating group) is 1. The molecule has 0 spiro atoms. The maximum Gasteiger partial charge on any atom is 0.317 e. The third-order valence-corrected chi connectivity index (χ3v) is 5.25. The third-order valence-electron chi connectivity index (χ3n) is 3.94. The van der Waals surface area contributed by atoms with Gasteiger partial charge in [0.25, 0.3) is 0 Å². The summed E-state index contributed by atoms with van der Waals surface area (Å²) in [4.78, 5) is 31.4. The van der Waals surface area contributed by atoms with Gasteiger partial charge in [0, 0.05) is 30.4 Å². The maximum atomic E-state index is 12.6. The quantitative estimate of drug-likeness (QED) is 0.812. The molecular formula is C17H27N3O4S. The molecule has 25 heavy (non-hydrogen) atoms. The fourth-order valence-electron chi connectivity index (χ4n) is 2.70. The van der Waals surface area contributed by atoms with Crippen molar-refractivity contribution in [2.75, 3.05) is 39.8 Å². The number of carbonyl (C=O) groups is 2. The number of thiazole rings is 1. The molecule has 1 amide bonds. The van der Waals surface area contributed by atoms with Gasteiger partial charge >= 0.3 is 5.97 Å². The first-order valence-corrected chi connectivity index (χ1v) is 9.27. The summed E-state index contributed by atoms with van der Waals surface area (Å²) in [6, 6.07) is 0. The van der Waals surface area contributed by atoms with Crippen molar-refractivity contribution in [1.82, 2.24) is 14.8 Å². The molecular weight excluding hydrogens is 342 g/mol. The van der Waals surface area contributed by atoms with E-state index in [0.29, 0.717) is 32.7 Å². The van der Waals surface area contributed by atoms with Gasteiger partial charge in [0.15, 0.2) is 0 Å². The molecule has 0 radical (unpaired) electrons. The molecule has 1 fully saturated rings. The van der Waals surface area contributed by atoms with Crippen molar-refractivity contribution in [3.05, 3.63) is 16.1 Å². The first-order chi connectivity index (χ1) is 11.6. The number of aliphatic carboxylic acids is 1. The van der Waals surface area contributed by atoms with E-state index >= 15 is 0 Å². The number of rotatable bonds is 6. The van der Waals surface area contributed by atoms with Gasteiger partial charge in [-0.05, 0) is 7.05 Å². The van der Waals surface area contributed by atoms with Crippen LogP contribution in [0.2, 0.25) is 0 Å². The number of amides is 1. The van der Waals surface area contributed by atoms with Crippen LogP contribution in [0.15, 0.2) is 5.38 Å². The van der Waals surface area contributed by atoms with Crippen LogP contribution in [0.1, 0.15) is 31.5 Å². The standard InChI is InChI=1S/C17H27N3O4S/c1-17(2,3)16-18-12(11-25-16)7-14(21)20-5-6-24-13(9-20)8-19(4)10-15(22)23/h11,13H,5-10H2,1-4H3,(H,22,23)/t13-/m0/s1. The Hall–Kier alpha value is -1.51. The molecule has 0 aliphatic carbocycles. The molecule has 1 saturated heterocycles. The molecule has 7 nitrogen and oxygen atoms in total. The summed E-state index contributed by atoms with van der Waals surface area (Å²) in [5.74, 6) is -0.829. The Morgan fingerprint density at radius 1 is 1.48 bits per heavy atom. The number of hydrogen-bond acceptors (Lipinski definition) is 6. The van der Waals surface area contributed by atoms with Crippen LogP contribution in [-0.2, 0) is 26.2 Å². The minimum Gasteiger partial charge on any atom is -0.480 e. The molecule has 1 aliphatic rings. The molecule has 2 heterocycles. The average Bonchev–Trinajstić information content (AvgIpc) is 2.95. The number of ether oxygens (including phenoxy) is 1. The van der Waals surface area contributed by atoms with Gasteiger partial charge in [0.05, 0.1) is 36.4 Å². The topological polar surface area (TPSA) is 83.0 Å². The van der Waals surface area contributed by atoms with Crippen molar-refractivity contribution < 1.29 is 19.4 Å². The summed E-state index contributed by atoms with van der Waals surface area (Å²) in [6.07, 6.45) is 0.132. The Labute approximate surface area is 152 Å². The van der Waals surface area contributed by atoms with Crippen molar-refractivity contribution in [1.29, 1.82) is 0 Å². The molecule has 2 rings (SSSR count). The molecule has 1 aromatic rings. The molecule has 0 unspecified atom stereocenters. The van der Waals surface area contributed by atoms with E-state index in [1.807, 2.05) is 5.38 Å². The van der Waals surface area contributed by atoms with E-state index in [1.54, 1.807) is 28.2 Å². The number of hydrogen-bond donors (Lipinski definition) is 1. The molecule has 1 aliphatic heterocycles. The summed E-state index contributed by atoms with van der Waals surface area (Å²) in [6.45, 7) is 8.30. The molecule has 0 saturated carbocycles. The minimum atomic E-state index is -0.871. The highest BCUT2D eigenvalue weighted by Gasteiger charge is 2.26. The Morgan fingerprint density at radius 2 is 2.20 bits per heavy atom. The summed E-state index contributed by atoms with van der Waals surface area (Å²) in [7, 11) is 1.74. The second kappa shape index (κ2) is 8.25. The normalized spacial score (nSPS) is 18.6. The Morgan fingerprint density at radius 3 is 2.80 bits per heavy atom. The van der Waals surface area contributed by atoms with Crippen LogP contribution in [-0.4, -0.2) is 77.7 Å². The van der Waals surface area contributed by atoms with E-state index in [0.717, 1.165) is 10.7 Å². The van der Waals surface area contributed by atoms with E-state index in [9.17, 15) is 9.59 Å². The van der Waals surface area contributed by atoms with Crippen LogP contribution in [0, 0.1) is 0 Å². The highest BCUT2D eigenvalue weighted by atomic mass is 32.1. The SMILES string of the molecule is CN(CC(=O)O)C[C@H]1CN(C(=O)Cc2csc(C(C)(C)C)n2)CCO1. The van der Waals surface area contributed by atoms with Crippen LogP contribution in [0.4, 0.5) is 0 Å². The van der Waals surface area contributed by atoms with Crippen molar-refractivity contribution in [3.8, 4) is 0 Å². The van der Waals surface area contributed by atoms with E-state index in [2.05, 4.69) is 25.8 Å². The van der Waals surface area contributed by atoms with Crippen molar-refractivity contribution in [2.24, 2.45) is 0 Å². The van der Waals surface area contributed by atoms with Crippen molar-refractivity contribution in [2.45, 2.75) is 38.7 Å². The second-order valence-electron chi connectivity index (χ2n) is 7.49. The van der Waals surface area contributed by atoms with Crippen molar-refractivity contribution in [3.63, 3.8) is 0 Å². The number of carboxylic acid groups (broad SMARTS) is 1. The van der Waals surface area contributed by atoms with Gasteiger partial charge in [-0.1, -0.05) is 20.8 Å². The third kappa shape index (κ3) is 6.05. The van der Waals surface area contributed by atoms with Gasteiger partial charge in [-0.2, -0.15) is 0 Å². The lowest BCUT2D eigenvalue weighted by molar-refractivity contribution is -0.142. The Kier molecular flexibility index (Phi) is 6.53. The molecule has 1 aromatic heterocycles. The van der Waals surface area contributed by atoms with Gasteiger partial charge in [0.2, 0.25) is 5.91 Å². The fourth-order valence-corrected chi connectivity index (χ4v) is 3.61. The predicted octanol–water partition coefficient (Wildman–Crippen LogP) is 1.23. The number of nitrogens with zero attached hydrogens (tertiary/aromatic N) is 3. The zero-order valence-corrected chi connectivity index (χ0v) is 16.1. The van der Waals surface area contributed by atoms with Gasteiger partial charge in [-0.15, -0.1) is 11.3 Å².